The Morgan fingerprint density at radius 3 is 2.18 bits per heavy atom. The number of halogens is 3. The number of hydrogen-bond acceptors (Lipinski definition) is 3. The molecular formula is C20H22F3N3O2. The molecule has 2 amide bonds. The lowest BCUT2D eigenvalue weighted by atomic mass is 10.1. The third-order valence-electron chi connectivity index (χ3n) is 3.96. The SMILES string of the molecule is CCCN(CCC)C(=O)c1cccc(C(=O)Nc2ccccc2C(F)(F)F)n1. The molecule has 2 aromatic rings. The van der Waals surface area contributed by atoms with E-state index in [9.17, 15) is 22.8 Å². The number of alkyl halides is 3. The molecular weight excluding hydrogens is 371 g/mol. The Balaban J connectivity index is 2.25. The fourth-order valence-electron chi connectivity index (χ4n) is 2.72. The normalized spacial score (nSPS) is 11.2. The molecule has 5 nitrogen and oxygen atoms in total. The molecule has 1 N–H and O–H groups in total. The number of pyridine rings is 1. The number of amides is 2. The Morgan fingerprint density at radius 1 is 0.964 bits per heavy atom. The Hall–Kier alpha value is -2.90. The molecule has 1 aromatic heterocycles. The maximum atomic E-state index is 13.1. The van der Waals surface area contributed by atoms with Crippen LogP contribution in [0.15, 0.2) is 42.5 Å². The lowest BCUT2D eigenvalue weighted by Gasteiger charge is -2.21. The van der Waals surface area contributed by atoms with E-state index in [1.165, 1.54) is 36.4 Å². The summed E-state index contributed by atoms with van der Waals surface area (Å²) in [6, 6.07) is 9.02. The van der Waals surface area contributed by atoms with Crippen LogP contribution in [0.3, 0.4) is 0 Å². The summed E-state index contributed by atoms with van der Waals surface area (Å²) < 4.78 is 39.3. The first-order chi connectivity index (χ1) is 13.3. The number of carbonyl (C=O) groups excluding carboxylic acids is 2. The van der Waals surface area contributed by atoms with Gasteiger partial charge in [-0.05, 0) is 37.1 Å². The van der Waals surface area contributed by atoms with Crippen LogP contribution in [-0.2, 0) is 6.18 Å². The van der Waals surface area contributed by atoms with Crippen molar-refractivity contribution in [2.45, 2.75) is 32.9 Å². The molecule has 0 saturated heterocycles. The summed E-state index contributed by atoms with van der Waals surface area (Å²) >= 11 is 0. The lowest BCUT2D eigenvalue weighted by Crippen LogP contribution is -2.33. The maximum absolute atomic E-state index is 13.1. The molecule has 150 valence electrons. The van der Waals surface area contributed by atoms with E-state index in [0.717, 1.165) is 18.9 Å². The predicted molar refractivity (Wildman–Crippen MR) is 100 cm³/mol. The lowest BCUT2D eigenvalue weighted by molar-refractivity contribution is -0.136. The van der Waals surface area contributed by atoms with Crippen LogP contribution < -0.4 is 5.32 Å². The second-order valence-corrected chi connectivity index (χ2v) is 6.20. The highest BCUT2D eigenvalue weighted by Crippen LogP contribution is 2.34. The molecule has 2 rings (SSSR count). The van der Waals surface area contributed by atoms with Crippen LogP contribution in [0.1, 0.15) is 53.2 Å². The first kappa shape index (κ1) is 21.4. The number of nitrogens with one attached hydrogen (secondary N) is 1. The summed E-state index contributed by atoms with van der Waals surface area (Å²) in [5.41, 5.74) is -1.36. The number of benzene rings is 1. The minimum absolute atomic E-state index is 0.0821. The molecule has 0 spiro atoms. The summed E-state index contributed by atoms with van der Waals surface area (Å²) in [6.07, 6.45) is -3.05. The van der Waals surface area contributed by atoms with E-state index in [2.05, 4.69) is 10.3 Å². The van der Waals surface area contributed by atoms with Crippen molar-refractivity contribution in [1.82, 2.24) is 9.88 Å². The molecule has 0 aliphatic carbocycles. The predicted octanol–water partition coefficient (Wildman–Crippen LogP) is 4.61. The van der Waals surface area contributed by atoms with Gasteiger partial charge in [-0.15, -0.1) is 0 Å². The van der Waals surface area contributed by atoms with Crippen LogP contribution >= 0.6 is 0 Å². The monoisotopic (exact) mass is 393 g/mol. The Kier molecular flexibility index (Phi) is 7.14. The highest BCUT2D eigenvalue weighted by atomic mass is 19.4. The largest absolute Gasteiger partial charge is 0.418 e. The summed E-state index contributed by atoms with van der Waals surface area (Å²) in [6.45, 7) is 5.02. The quantitative estimate of drug-likeness (QED) is 0.747. The summed E-state index contributed by atoms with van der Waals surface area (Å²) in [4.78, 5) is 30.8. The van der Waals surface area contributed by atoms with Gasteiger partial charge in [-0.3, -0.25) is 9.59 Å². The molecule has 0 aliphatic heterocycles. The Morgan fingerprint density at radius 2 is 1.57 bits per heavy atom. The van der Waals surface area contributed by atoms with E-state index in [1.54, 1.807) is 4.90 Å². The Bertz CT molecular complexity index is 831. The second kappa shape index (κ2) is 9.34. The summed E-state index contributed by atoms with van der Waals surface area (Å²) in [5, 5.41) is 2.23. The minimum atomic E-state index is -4.60. The highest BCUT2D eigenvalue weighted by Gasteiger charge is 2.33. The van der Waals surface area contributed by atoms with Gasteiger partial charge in [0.05, 0.1) is 11.3 Å². The fraction of sp³-hybridized carbons (Fsp3) is 0.350. The van der Waals surface area contributed by atoms with Crippen molar-refractivity contribution in [3.05, 3.63) is 59.4 Å². The van der Waals surface area contributed by atoms with Gasteiger partial charge in [0.25, 0.3) is 11.8 Å². The number of anilines is 1. The third kappa shape index (κ3) is 5.31. The average Bonchev–Trinajstić information content (AvgIpc) is 2.67. The number of hydrogen-bond donors (Lipinski definition) is 1. The molecule has 0 atom stereocenters. The van der Waals surface area contributed by atoms with Crippen LogP contribution in [-0.4, -0.2) is 34.8 Å². The van der Waals surface area contributed by atoms with Crippen LogP contribution in [0.5, 0.6) is 0 Å². The van der Waals surface area contributed by atoms with E-state index >= 15 is 0 Å². The first-order valence-corrected chi connectivity index (χ1v) is 9.01. The van der Waals surface area contributed by atoms with E-state index in [1.807, 2.05) is 13.8 Å². The van der Waals surface area contributed by atoms with Gasteiger partial charge in [0.1, 0.15) is 11.4 Å². The van der Waals surface area contributed by atoms with Crippen LogP contribution in [0.25, 0.3) is 0 Å². The second-order valence-electron chi connectivity index (χ2n) is 6.20. The molecule has 0 saturated carbocycles. The van der Waals surface area contributed by atoms with E-state index in [-0.39, 0.29) is 23.0 Å². The molecule has 0 bridgehead atoms. The van der Waals surface area contributed by atoms with Crippen molar-refractivity contribution >= 4 is 17.5 Å². The molecule has 0 aliphatic rings. The van der Waals surface area contributed by atoms with Crippen LogP contribution in [0, 0.1) is 0 Å². The molecule has 1 heterocycles. The van der Waals surface area contributed by atoms with Gasteiger partial charge in [-0.25, -0.2) is 4.98 Å². The molecule has 28 heavy (non-hydrogen) atoms. The van der Waals surface area contributed by atoms with Gasteiger partial charge in [-0.2, -0.15) is 13.2 Å². The summed E-state index contributed by atoms with van der Waals surface area (Å²) in [7, 11) is 0. The molecule has 0 fully saturated rings. The van der Waals surface area contributed by atoms with Gasteiger partial charge >= 0.3 is 6.18 Å². The molecule has 1 aromatic carbocycles. The van der Waals surface area contributed by atoms with Gasteiger partial charge in [-0.1, -0.05) is 32.0 Å². The van der Waals surface area contributed by atoms with Gasteiger partial charge < -0.3 is 10.2 Å². The number of rotatable bonds is 7. The van der Waals surface area contributed by atoms with Crippen LogP contribution in [0.2, 0.25) is 0 Å². The van der Waals surface area contributed by atoms with Crippen molar-refractivity contribution in [3.8, 4) is 0 Å². The van der Waals surface area contributed by atoms with Crippen molar-refractivity contribution in [2.24, 2.45) is 0 Å². The van der Waals surface area contributed by atoms with Crippen molar-refractivity contribution in [2.75, 3.05) is 18.4 Å². The maximum Gasteiger partial charge on any atom is 0.418 e. The molecule has 0 radical (unpaired) electrons. The van der Waals surface area contributed by atoms with E-state index < -0.39 is 17.6 Å². The number of nitrogens with zero attached hydrogens (tertiary/aromatic N) is 2. The smallest absolute Gasteiger partial charge is 0.337 e. The first-order valence-electron chi connectivity index (χ1n) is 9.01. The number of aromatic nitrogens is 1. The summed E-state index contributed by atoms with van der Waals surface area (Å²) in [5.74, 6) is -1.13. The van der Waals surface area contributed by atoms with Gasteiger partial charge in [0.15, 0.2) is 0 Å². The Labute approximate surface area is 161 Å². The van der Waals surface area contributed by atoms with Gasteiger partial charge in [0, 0.05) is 13.1 Å². The standard InChI is InChI=1S/C20H22F3N3O2/c1-3-12-26(13-4-2)19(28)17-11-7-10-16(24-17)18(27)25-15-9-6-5-8-14(15)20(21,22)23/h5-11H,3-4,12-13H2,1-2H3,(H,25,27). The van der Waals surface area contributed by atoms with Crippen molar-refractivity contribution in [3.63, 3.8) is 0 Å². The fourth-order valence-corrected chi connectivity index (χ4v) is 2.72. The minimum Gasteiger partial charge on any atom is -0.337 e. The number of para-hydroxylation sites is 1. The topological polar surface area (TPSA) is 62.3 Å². The zero-order valence-electron chi connectivity index (χ0n) is 15.7. The molecule has 8 heteroatoms. The highest BCUT2D eigenvalue weighted by molar-refractivity contribution is 6.04. The zero-order chi connectivity index (χ0) is 20.7. The number of carbonyl (C=O) groups is 2. The van der Waals surface area contributed by atoms with Gasteiger partial charge in [0.2, 0.25) is 0 Å². The van der Waals surface area contributed by atoms with E-state index in [0.29, 0.717) is 13.1 Å². The van der Waals surface area contributed by atoms with Crippen LogP contribution in [0.4, 0.5) is 18.9 Å². The van der Waals surface area contributed by atoms with Crippen molar-refractivity contribution in [1.29, 1.82) is 0 Å². The van der Waals surface area contributed by atoms with E-state index in [4.69, 9.17) is 0 Å². The zero-order valence-corrected chi connectivity index (χ0v) is 15.7. The third-order valence-corrected chi connectivity index (χ3v) is 3.96. The molecule has 0 unspecified atom stereocenters. The average molecular weight is 393 g/mol. The van der Waals surface area contributed by atoms with Crippen molar-refractivity contribution < 1.29 is 22.8 Å².